The molecule has 2 rings (SSSR count). The molecule has 0 aliphatic carbocycles. The Bertz CT molecular complexity index is 476. The molecule has 1 heterocycles. The van der Waals surface area contributed by atoms with Crippen molar-refractivity contribution >= 4 is 34.2 Å². The van der Waals surface area contributed by atoms with Crippen molar-refractivity contribution in [1.29, 1.82) is 0 Å². The van der Waals surface area contributed by atoms with Crippen LogP contribution in [0.25, 0.3) is 0 Å². The molecule has 1 aromatic carbocycles. The molecule has 4 nitrogen and oxygen atoms in total. The molecule has 7 heteroatoms. The summed E-state index contributed by atoms with van der Waals surface area (Å²) in [5, 5.41) is 2.79. The minimum absolute atomic E-state index is 0. The van der Waals surface area contributed by atoms with Gasteiger partial charge in [-0.2, -0.15) is 0 Å². The molecule has 3 N–H and O–H groups in total. The summed E-state index contributed by atoms with van der Waals surface area (Å²) in [6.45, 7) is 0.778. The summed E-state index contributed by atoms with van der Waals surface area (Å²) in [7, 11) is 0. The maximum Gasteiger partial charge on any atom is 0.249 e. The van der Waals surface area contributed by atoms with Gasteiger partial charge in [0.15, 0.2) is 0 Å². The van der Waals surface area contributed by atoms with Crippen molar-refractivity contribution in [1.82, 2.24) is 5.32 Å². The van der Waals surface area contributed by atoms with Crippen molar-refractivity contribution in [3.8, 4) is 0 Å². The van der Waals surface area contributed by atoms with Gasteiger partial charge >= 0.3 is 0 Å². The molecule has 0 spiro atoms. The van der Waals surface area contributed by atoms with Crippen LogP contribution in [0.5, 0.6) is 0 Å². The molecular formula is C13H17BrClFN2O2. The number of nitrogens with two attached hydrogens (primary N) is 1. The molecule has 0 bridgehead atoms. The van der Waals surface area contributed by atoms with Gasteiger partial charge in [-0.1, -0.05) is 22.0 Å². The van der Waals surface area contributed by atoms with E-state index in [9.17, 15) is 9.18 Å². The van der Waals surface area contributed by atoms with E-state index in [4.69, 9.17) is 10.5 Å². The minimum atomic E-state index is -0.423. The van der Waals surface area contributed by atoms with Crippen molar-refractivity contribution in [2.75, 3.05) is 6.54 Å². The van der Waals surface area contributed by atoms with Crippen LogP contribution in [-0.2, 0) is 16.1 Å². The smallest absolute Gasteiger partial charge is 0.249 e. The maximum absolute atomic E-state index is 12.9. The van der Waals surface area contributed by atoms with Gasteiger partial charge in [-0.3, -0.25) is 4.79 Å². The Hall–Kier alpha value is -0.690. The molecule has 2 atom stereocenters. The summed E-state index contributed by atoms with van der Waals surface area (Å²) in [4.78, 5) is 11.9. The van der Waals surface area contributed by atoms with E-state index in [1.165, 1.54) is 12.1 Å². The monoisotopic (exact) mass is 366 g/mol. The van der Waals surface area contributed by atoms with Crippen LogP contribution in [0.15, 0.2) is 22.7 Å². The Kier molecular flexibility index (Phi) is 6.88. The Morgan fingerprint density at radius 2 is 2.25 bits per heavy atom. The first-order valence-corrected chi connectivity index (χ1v) is 6.96. The van der Waals surface area contributed by atoms with Crippen LogP contribution in [0.2, 0.25) is 0 Å². The normalized spacial score (nSPS) is 21.4. The lowest BCUT2D eigenvalue weighted by molar-refractivity contribution is -0.132. The molecule has 0 unspecified atom stereocenters. The molecule has 1 aliphatic heterocycles. The van der Waals surface area contributed by atoms with Crippen LogP contribution in [0.3, 0.4) is 0 Å². The number of hydrogen-bond donors (Lipinski definition) is 2. The van der Waals surface area contributed by atoms with Crippen molar-refractivity contribution < 1.29 is 13.9 Å². The summed E-state index contributed by atoms with van der Waals surface area (Å²) < 4.78 is 19.1. The zero-order valence-corrected chi connectivity index (χ0v) is 13.2. The molecule has 112 valence electrons. The second-order valence-corrected chi connectivity index (χ2v) is 5.37. The van der Waals surface area contributed by atoms with Gasteiger partial charge in [0.2, 0.25) is 5.91 Å². The lowest BCUT2D eigenvalue weighted by Crippen LogP contribution is -2.35. The third-order valence-corrected chi connectivity index (χ3v) is 3.87. The van der Waals surface area contributed by atoms with Crippen LogP contribution < -0.4 is 11.1 Å². The first-order chi connectivity index (χ1) is 9.10. The second kappa shape index (κ2) is 7.93. The van der Waals surface area contributed by atoms with Gasteiger partial charge in [-0.25, -0.2) is 4.39 Å². The average Bonchev–Trinajstić information content (AvgIpc) is 2.86. The number of carbonyl (C=O) groups excluding carboxylic acids is 1. The fraction of sp³-hybridized carbons (Fsp3) is 0.462. The highest BCUT2D eigenvalue weighted by atomic mass is 79.9. The largest absolute Gasteiger partial charge is 0.364 e. The predicted molar refractivity (Wildman–Crippen MR) is 80.1 cm³/mol. The molecule has 0 radical (unpaired) electrons. The highest BCUT2D eigenvalue weighted by Crippen LogP contribution is 2.20. The number of hydrogen-bond acceptors (Lipinski definition) is 3. The average molecular weight is 368 g/mol. The van der Waals surface area contributed by atoms with Crippen LogP contribution >= 0.6 is 28.3 Å². The third kappa shape index (κ3) is 4.41. The van der Waals surface area contributed by atoms with Crippen LogP contribution in [0.1, 0.15) is 18.4 Å². The van der Waals surface area contributed by atoms with E-state index in [-0.39, 0.29) is 30.2 Å². The number of rotatable bonds is 4. The lowest BCUT2D eigenvalue weighted by Gasteiger charge is -2.13. The first-order valence-electron chi connectivity index (χ1n) is 6.17. The summed E-state index contributed by atoms with van der Waals surface area (Å²) in [6, 6.07) is 4.37. The maximum atomic E-state index is 12.9. The Morgan fingerprint density at radius 3 is 2.85 bits per heavy atom. The van der Waals surface area contributed by atoms with E-state index in [2.05, 4.69) is 21.2 Å². The lowest BCUT2D eigenvalue weighted by atomic mass is 10.2. The highest BCUT2D eigenvalue weighted by Gasteiger charge is 2.29. The van der Waals surface area contributed by atoms with Crippen LogP contribution in [0, 0.1) is 5.82 Å². The third-order valence-electron chi connectivity index (χ3n) is 3.13. The van der Waals surface area contributed by atoms with Gasteiger partial charge in [0.1, 0.15) is 11.9 Å². The van der Waals surface area contributed by atoms with E-state index in [0.717, 1.165) is 12.0 Å². The molecular weight excluding hydrogens is 351 g/mol. The zero-order chi connectivity index (χ0) is 13.8. The van der Waals surface area contributed by atoms with E-state index >= 15 is 0 Å². The first kappa shape index (κ1) is 17.4. The summed E-state index contributed by atoms with van der Waals surface area (Å²) in [5.74, 6) is -0.459. The molecule has 1 aliphatic rings. The quantitative estimate of drug-likeness (QED) is 0.857. The van der Waals surface area contributed by atoms with Crippen LogP contribution in [-0.4, -0.2) is 24.7 Å². The number of ether oxygens (including phenoxy) is 1. The number of halogens is 3. The molecule has 1 saturated heterocycles. The van der Waals surface area contributed by atoms with Gasteiger partial charge in [-0.05, 0) is 30.5 Å². The summed E-state index contributed by atoms with van der Waals surface area (Å²) in [5.41, 5.74) is 6.32. The van der Waals surface area contributed by atoms with Crippen molar-refractivity contribution in [3.63, 3.8) is 0 Å². The van der Waals surface area contributed by atoms with E-state index < -0.39 is 6.10 Å². The topological polar surface area (TPSA) is 64.4 Å². The molecule has 20 heavy (non-hydrogen) atoms. The Morgan fingerprint density at radius 1 is 1.50 bits per heavy atom. The van der Waals surface area contributed by atoms with Crippen molar-refractivity contribution in [3.05, 3.63) is 34.1 Å². The predicted octanol–water partition coefficient (Wildman–Crippen LogP) is 2.13. The standard InChI is InChI=1S/C13H16BrFN2O2.ClH/c14-11-5-9(15)2-1-8(11)7-17-13(18)12-4-3-10(6-16)19-12;/h1-2,5,10,12H,3-4,6-7,16H2,(H,17,18);1H/t10-,12+;/m1./s1. The van der Waals surface area contributed by atoms with Gasteiger partial charge < -0.3 is 15.8 Å². The van der Waals surface area contributed by atoms with Gasteiger partial charge in [0.25, 0.3) is 0 Å². The molecule has 1 amide bonds. The fourth-order valence-electron chi connectivity index (χ4n) is 2.03. The van der Waals surface area contributed by atoms with Crippen molar-refractivity contribution in [2.24, 2.45) is 5.73 Å². The zero-order valence-electron chi connectivity index (χ0n) is 10.8. The summed E-state index contributed by atoms with van der Waals surface area (Å²) >= 11 is 3.26. The second-order valence-electron chi connectivity index (χ2n) is 4.51. The number of nitrogens with one attached hydrogen (secondary N) is 1. The van der Waals surface area contributed by atoms with Gasteiger partial charge in [-0.15, -0.1) is 12.4 Å². The fourth-order valence-corrected chi connectivity index (χ4v) is 2.52. The van der Waals surface area contributed by atoms with E-state index in [1.54, 1.807) is 6.07 Å². The minimum Gasteiger partial charge on any atom is -0.364 e. The van der Waals surface area contributed by atoms with Gasteiger partial charge in [0, 0.05) is 17.6 Å². The Labute approximate surface area is 131 Å². The number of amides is 1. The van der Waals surface area contributed by atoms with Crippen LogP contribution in [0.4, 0.5) is 4.39 Å². The van der Waals surface area contributed by atoms with E-state index in [1.807, 2.05) is 0 Å². The van der Waals surface area contributed by atoms with Crippen molar-refractivity contribution in [2.45, 2.75) is 31.6 Å². The molecule has 0 aromatic heterocycles. The number of carbonyl (C=O) groups is 1. The highest BCUT2D eigenvalue weighted by molar-refractivity contribution is 9.10. The molecule has 1 fully saturated rings. The Balaban J connectivity index is 0.00000200. The molecule has 0 saturated carbocycles. The summed E-state index contributed by atoms with van der Waals surface area (Å²) in [6.07, 6.45) is 1.06. The number of benzene rings is 1. The van der Waals surface area contributed by atoms with Gasteiger partial charge in [0.05, 0.1) is 6.10 Å². The molecule has 1 aromatic rings. The van der Waals surface area contributed by atoms with E-state index in [0.29, 0.717) is 24.0 Å². The SMILES string of the molecule is Cl.NC[C@H]1CC[C@@H](C(=O)NCc2ccc(F)cc2Br)O1.